The van der Waals surface area contributed by atoms with Crippen molar-refractivity contribution in [2.24, 2.45) is 0 Å². The summed E-state index contributed by atoms with van der Waals surface area (Å²) in [5.41, 5.74) is -0.879. The molecular weight excluding hydrogens is 212 g/mol. The van der Waals surface area contributed by atoms with E-state index in [1.54, 1.807) is 12.1 Å². The summed E-state index contributed by atoms with van der Waals surface area (Å²) in [6.07, 6.45) is 0. The summed E-state index contributed by atoms with van der Waals surface area (Å²) >= 11 is 0. The number of aromatic carboxylic acids is 2. The molecule has 1 heterocycles. The molecule has 0 fully saturated rings. The highest BCUT2D eigenvalue weighted by Crippen LogP contribution is 2.11. The number of para-hydroxylation sites is 2. The van der Waals surface area contributed by atoms with Gasteiger partial charge in [0, 0.05) is 0 Å². The first-order valence-corrected chi connectivity index (χ1v) is 4.29. The second-order valence-electron chi connectivity index (χ2n) is 2.98. The van der Waals surface area contributed by atoms with Crippen molar-refractivity contribution in [3.63, 3.8) is 0 Å². The zero-order valence-electron chi connectivity index (χ0n) is 7.84. The molecule has 0 aliphatic carbocycles. The first kappa shape index (κ1) is 10.0. The predicted molar refractivity (Wildman–Crippen MR) is 48.2 cm³/mol. The van der Waals surface area contributed by atoms with Crippen LogP contribution in [0.1, 0.15) is 21.0 Å². The summed E-state index contributed by atoms with van der Waals surface area (Å²) in [7, 11) is 0. The molecule has 1 aromatic heterocycles. The third-order valence-corrected chi connectivity index (χ3v) is 1.96. The Labute approximate surface area is 89.2 Å². The van der Waals surface area contributed by atoms with Crippen molar-refractivity contribution in [3.05, 3.63) is 35.7 Å². The third kappa shape index (κ3) is 1.56. The second kappa shape index (κ2) is 3.58. The van der Waals surface area contributed by atoms with E-state index < -0.39 is 23.3 Å². The SMILES string of the molecule is O=C([O-])c1nc2ccccc2nc1C(=O)[O-]. The number of carbonyl (C=O) groups is 2. The number of carboxylic acids is 2. The summed E-state index contributed by atoms with van der Waals surface area (Å²) in [6.45, 7) is 0. The first-order chi connectivity index (χ1) is 7.59. The van der Waals surface area contributed by atoms with Crippen LogP contribution in [0.15, 0.2) is 24.3 Å². The maximum Gasteiger partial charge on any atom is 0.114 e. The molecule has 0 radical (unpaired) electrons. The van der Waals surface area contributed by atoms with Gasteiger partial charge in [-0.1, -0.05) is 12.1 Å². The molecule has 0 amide bonds. The summed E-state index contributed by atoms with van der Waals surface area (Å²) in [5.74, 6) is -3.39. The molecule has 6 nitrogen and oxygen atoms in total. The Hall–Kier alpha value is -2.50. The predicted octanol–water partition coefficient (Wildman–Crippen LogP) is -1.64. The summed E-state index contributed by atoms with van der Waals surface area (Å²) in [6, 6.07) is 6.31. The molecule has 0 bridgehead atoms. The quantitative estimate of drug-likeness (QED) is 0.595. The van der Waals surface area contributed by atoms with Gasteiger partial charge in [0.25, 0.3) is 0 Å². The Bertz CT molecular complexity index is 542. The molecule has 80 valence electrons. The molecule has 0 aliphatic rings. The maximum absolute atomic E-state index is 10.7. The van der Waals surface area contributed by atoms with E-state index in [9.17, 15) is 19.8 Å². The van der Waals surface area contributed by atoms with E-state index in [1.165, 1.54) is 12.1 Å². The Morgan fingerprint density at radius 2 is 1.25 bits per heavy atom. The van der Waals surface area contributed by atoms with Crippen molar-refractivity contribution in [1.82, 2.24) is 9.97 Å². The molecule has 0 N–H and O–H groups in total. The maximum atomic E-state index is 10.7. The van der Waals surface area contributed by atoms with Gasteiger partial charge in [-0.15, -0.1) is 0 Å². The summed E-state index contributed by atoms with van der Waals surface area (Å²) in [4.78, 5) is 28.6. The molecule has 2 aromatic rings. The monoisotopic (exact) mass is 216 g/mol. The average Bonchev–Trinajstić information content (AvgIpc) is 2.27. The van der Waals surface area contributed by atoms with Crippen molar-refractivity contribution in [2.45, 2.75) is 0 Å². The van der Waals surface area contributed by atoms with Crippen molar-refractivity contribution in [3.8, 4) is 0 Å². The molecule has 0 aliphatic heterocycles. The standard InChI is InChI=1S/C10H6N2O4/c13-9(14)7-8(10(15)16)12-6-4-2-1-3-5(6)11-7/h1-4H,(H,13,14)(H,15,16)/p-2. The van der Waals surface area contributed by atoms with Crippen LogP contribution in [0.2, 0.25) is 0 Å². The van der Waals surface area contributed by atoms with Gasteiger partial charge in [0.15, 0.2) is 0 Å². The molecule has 0 unspecified atom stereocenters. The van der Waals surface area contributed by atoms with Crippen LogP contribution in [0.4, 0.5) is 0 Å². The van der Waals surface area contributed by atoms with Crippen molar-refractivity contribution in [2.75, 3.05) is 0 Å². The minimum Gasteiger partial charge on any atom is -0.543 e. The highest BCUT2D eigenvalue weighted by Gasteiger charge is 2.10. The van der Waals surface area contributed by atoms with Crippen molar-refractivity contribution < 1.29 is 19.8 Å². The number of rotatable bonds is 2. The number of benzene rings is 1. The molecular formula is C10H4N2O4-2. The molecule has 0 spiro atoms. The molecule has 16 heavy (non-hydrogen) atoms. The number of fused-ring (bicyclic) bond motifs is 1. The van der Waals surface area contributed by atoms with Crippen LogP contribution < -0.4 is 10.2 Å². The van der Waals surface area contributed by atoms with Crippen LogP contribution in [-0.4, -0.2) is 21.9 Å². The lowest BCUT2D eigenvalue weighted by atomic mass is 10.2. The summed E-state index contributed by atoms with van der Waals surface area (Å²) in [5, 5.41) is 21.3. The number of nitrogens with zero attached hydrogens (tertiary/aromatic N) is 2. The minimum atomic E-state index is -1.70. The number of carbonyl (C=O) groups excluding carboxylic acids is 2. The fraction of sp³-hybridized carbons (Fsp3) is 0. The Kier molecular flexibility index (Phi) is 2.24. The van der Waals surface area contributed by atoms with Crippen molar-refractivity contribution in [1.29, 1.82) is 0 Å². The van der Waals surface area contributed by atoms with E-state index in [2.05, 4.69) is 9.97 Å². The molecule has 0 atom stereocenters. The largest absolute Gasteiger partial charge is 0.543 e. The van der Waals surface area contributed by atoms with Crippen LogP contribution >= 0.6 is 0 Å². The minimum absolute atomic E-state index is 0.284. The normalized spacial score (nSPS) is 10.2. The van der Waals surface area contributed by atoms with Gasteiger partial charge in [-0.3, -0.25) is 0 Å². The number of carboxylic acid groups (broad SMARTS) is 2. The highest BCUT2D eigenvalue weighted by atomic mass is 16.4. The van der Waals surface area contributed by atoms with E-state index in [-0.39, 0.29) is 11.0 Å². The van der Waals surface area contributed by atoms with Crippen molar-refractivity contribution >= 4 is 23.0 Å². The molecule has 0 saturated heterocycles. The topological polar surface area (TPSA) is 106 Å². The zero-order chi connectivity index (χ0) is 11.7. The van der Waals surface area contributed by atoms with Gasteiger partial charge in [-0.2, -0.15) is 0 Å². The van der Waals surface area contributed by atoms with Gasteiger partial charge in [0.2, 0.25) is 0 Å². The highest BCUT2D eigenvalue weighted by molar-refractivity contribution is 5.99. The fourth-order valence-corrected chi connectivity index (χ4v) is 1.28. The van der Waals surface area contributed by atoms with E-state index in [4.69, 9.17) is 0 Å². The molecule has 2 rings (SSSR count). The fourth-order valence-electron chi connectivity index (χ4n) is 1.28. The van der Waals surface area contributed by atoms with E-state index in [1.807, 2.05) is 0 Å². The number of hydrogen-bond acceptors (Lipinski definition) is 6. The third-order valence-electron chi connectivity index (χ3n) is 1.96. The Morgan fingerprint density at radius 3 is 1.56 bits per heavy atom. The Balaban J connectivity index is 2.81. The lowest BCUT2D eigenvalue weighted by molar-refractivity contribution is -0.260. The molecule has 6 heteroatoms. The second-order valence-corrected chi connectivity index (χ2v) is 2.98. The van der Waals surface area contributed by atoms with Gasteiger partial charge in [0.1, 0.15) is 11.4 Å². The van der Waals surface area contributed by atoms with Gasteiger partial charge in [-0.05, 0) is 12.1 Å². The van der Waals surface area contributed by atoms with Crippen LogP contribution in [0, 0.1) is 0 Å². The van der Waals surface area contributed by atoms with Gasteiger partial charge in [-0.25, -0.2) is 9.97 Å². The number of aromatic nitrogens is 2. The smallest absolute Gasteiger partial charge is 0.114 e. The average molecular weight is 216 g/mol. The number of hydrogen-bond donors (Lipinski definition) is 0. The molecule has 1 aromatic carbocycles. The van der Waals surface area contributed by atoms with Gasteiger partial charge < -0.3 is 19.8 Å². The Morgan fingerprint density at radius 1 is 0.875 bits per heavy atom. The lowest BCUT2D eigenvalue weighted by Crippen LogP contribution is -2.32. The lowest BCUT2D eigenvalue weighted by Gasteiger charge is -2.10. The van der Waals surface area contributed by atoms with Crippen LogP contribution in [-0.2, 0) is 0 Å². The summed E-state index contributed by atoms with van der Waals surface area (Å²) < 4.78 is 0. The zero-order valence-corrected chi connectivity index (χ0v) is 7.84. The van der Waals surface area contributed by atoms with E-state index in [0.29, 0.717) is 0 Å². The van der Waals surface area contributed by atoms with Crippen LogP contribution in [0.3, 0.4) is 0 Å². The van der Waals surface area contributed by atoms with Gasteiger partial charge >= 0.3 is 0 Å². The van der Waals surface area contributed by atoms with Crippen LogP contribution in [0.5, 0.6) is 0 Å². The van der Waals surface area contributed by atoms with Crippen LogP contribution in [0.25, 0.3) is 11.0 Å². The first-order valence-electron chi connectivity index (χ1n) is 4.29. The molecule has 0 saturated carbocycles. The van der Waals surface area contributed by atoms with E-state index in [0.717, 1.165) is 0 Å². The van der Waals surface area contributed by atoms with Gasteiger partial charge in [0.05, 0.1) is 23.0 Å². The van der Waals surface area contributed by atoms with E-state index >= 15 is 0 Å².